The lowest BCUT2D eigenvalue weighted by Gasteiger charge is -2.09. The van der Waals surface area contributed by atoms with Crippen molar-refractivity contribution in [2.24, 2.45) is 0 Å². The third kappa shape index (κ3) is 5.19. The van der Waals surface area contributed by atoms with E-state index in [9.17, 15) is 9.59 Å². The highest BCUT2D eigenvalue weighted by Gasteiger charge is 2.11. The van der Waals surface area contributed by atoms with Crippen LogP contribution in [0, 0.1) is 0 Å². The highest BCUT2D eigenvalue weighted by Crippen LogP contribution is 2.18. The second-order valence-corrected chi connectivity index (χ2v) is 5.83. The van der Waals surface area contributed by atoms with Crippen LogP contribution in [0.25, 0.3) is 0 Å². The summed E-state index contributed by atoms with van der Waals surface area (Å²) in [5, 5.41) is 9.00. The molecule has 0 saturated carbocycles. The van der Waals surface area contributed by atoms with Gasteiger partial charge in [0.15, 0.2) is 0 Å². The molecule has 0 saturated heterocycles. The molecule has 0 atom stereocenters. The van der Waals surface area contributed by atoms with E-state index in [2.05, 4.69) is 0 Å². The minimum absolute atomic E-state index is 0.0540. The molecule has 0 heterocycles. The number of carboxylic acids is 1. The number of hydrogen-bond donors (Lipinski definition) is 1. The zero-order valence-electron chi connectivity index (χ0n) is 14.5. The topological polar surface area (TPSA) is 72.8 Å². The Morgan fingerprint density at radius 3 is 2.19 bits per heavy atom. The fraction of sp³-hybridized carbons (Fsp3) is 0.0909. The highest BCUT2D eigenvalue weighted by atomic mass is 16.5. The molecule has 0 unspecified atom stereocenters. The Kier molecular flexibility index (Phi) is 5.84. The molecule has 3 aromatic rings. The van der Waals surface area contributed by atoms with E-state index in [1.54, 1.807) is 24.3 Å². The normalized spacial score (nSPS) is 10.2. The third-order valence-electron chi connectivity index (χ3n) is 3.86. The SMILES string of the molecule is O=C(O)c1cccc(OC(=O)c2cccc(OCCc3ccccc3)c2)c1. The lowest BCUT2D eigenvalue weighted by Crippen LogP contribution is -2.09. The van der Waals surface area contributed by atoms with E-state index in [1.165, 1.54) is 29.8 Å². The molecule has 0 aliphatic carbocycles. The monoisotopic (exact) mass is 362 g/mol. The van der Waals surface area contributed by atoms with E-state index < -0.39 is 11.9 Å². The maximum absolute atomic E-state index is 12.3. The van der Waals surface area contributed by atoms with Gasteiger partial charge in [-0.1, -0.05) is 42.5 Å². The maximum Gasteiger partial charge on any atom is 0.343 e. The van der Waals surface area contributed by atoms with Gasteiger partial charge in [-0.2, -0.15) is 0 Å². The van der Waals surface area contributed by atoms with Crippen LogP contribution in [0.1, 0.15) is 26.3 Å². The van der Waals surface area contributed by atoms with Gasteiger partial charge in [-0.15, -0.1) is 0 Å². The van der Waals surface area contributed by atoms with Crippen molar-refractivity contribution in [2.75, 3.05) is 6.61 Å². The van der Waals surface area contributed by atoms with E-state index in [0.717, 1.165) is 6.42 Å². The van der Waals surface area contributed by atoms with Crippen molar-refractivity contribution in [2.45, 2.75) is 6.42 Å². The van der Waals surface area contributed by atoms with Gasteiger partial charge in [0.1, 0.15) is 11.5 Å². The van der Waals surface area contributed by atoms with Crippen LogP contribution >= 0.6 is 0 Å². The average Bonchev–Trinajstić information content (AvgIpc) is 2.69. The van der Waals surface area contributed by atoms with Crippen molar-refractivity contribution >= 4 is 11.9 Å². The Morgan fingerprint density at radius 2 is 1.44 bits per heavy atom. The molecule has 0 aliphatic rings. The number of aromatic carboxylic acids is 1. The van der Waals surface area contributed by atoms with Crippen molar-refractivity contribution in [3.8, 4) is 11.5 Å². The van der Waals surface area contributed by atoms with Crippen LogP contribution in [-0.2, 0) is 6.42 Å². The Balaban J connectivity index is 1.61. The Hall–Kier alpha value is -3.60. The predicted octanol–water partition coefficient (Wildman–Crippen LogP) is 4.23. The van der Waals surface area contributed by atoms with Crippen molar-refractivity contribution in [3.63, 3.8) is 0 Å². The third-order valence-corrected chi connectivity index (χ3v) is 3.86. The van der Waals surface area contributed by atoms with Crippen LogP contribution in [0.4, 0.5) is 0 Å². The molecule has 0 radical (unpaired) electrons. The van der Waals surface area contributed by atoms with Crippen LogP contribution in [-0.4, -0.2) is 23.7 Å². The zero-order valence-corrected chi connectivity index (χ0v) is 14.5. The molecule has 5 heteroatoms. The first-order valence-electron chi connectivity index (χ1n) is 8.44. The molecule has 27 heavy (non-hydrogen) atoms. The van der Waals surface area contributed by atoms with Crippen LogP contribution in [0.5, 0.6) is 11.5 Å². The standard InChI is InChI=1S/C22H18O5/c23-21(24)17-8-4-11-20(14-17)27-22(25)18-9-5-10-19(15-18)26-13-12-16-6-2-1-3-7-16/h1-11,14-15H,12-13H2,(H,23,24). The molecule has 1 N–H and O–H groups in total. The molecule has 0 aliphatic heterocycles. The molecule has 5 nitrogen and oxygen atoms in total. The van der Waals surface area contributed by atoms with E-state index in [4.69, 9.17) is 14.6 Å². The molecule has 0 fully saturated rings. The Bertz CT molecular complexity index is 934. The fourth-order valence-corrected chi connectivity index (χ4v) is 2.50. The number of hydrogen-bond acceptors (Lipinski definition) is 4. The number of carbonyl (C=O) groups excluding carboxylic acids is 1. The lowest BCUT2D eigenvalue weighted by molar-refractivity contribution is 0.0687. The van der Waals surface area contributed by atoms with E-state index in [1.807, 2.05) is 30.3 Å². The summed E-state index contributed by atoms with van der Waals surface area (Å²) >= 11 is 0. The number of ether oxygens (including phenoxy) is 2. The second kappa shape index (κ2) is 8.67. The molecule has 3 rings (SSSR count). The van der Waals surface area contributed by atoms with Gasteiger partial charge in [0.05, 0.1) is 17.7 Å². The zero-order chi connectivity index (χ0) is 19.1. The van der Waals surface area contributed by atoms with Gasteiger partial charge in [0, 0.05) is 6.42 Å². The largest absolute Gasteiger partial charge is 0.493 e. The van der Waals surface area contributed by atoms with E-state index >= 15 is 0 Å². The van der Waals surface area contributed by atoms with Gasteiger partial charge < -0.3 is 14.6 Å². The molecular formula is C22H18O5. The lowest BCUT2D eigenvalue weighted by atomic mass is 10.2. The van der Waals surface area contributed by atoms with E-state index in [-0.39, 0.29) is 11.3 Å². The van der Waals surface area contributed by atoms with Crippen molar-refractivity contribution in [1.82, 2.24) is 0 Å². The molecular weight excluding hydrogens is 344 g/mol. The molecule has 0 amide bonds. The number of rotatable bonds is 7. The number of carboxylic acid groups (broad SMARTS) is 1. The Morgan fingerprint density at radius 1 is 0.778 bits per heavy atom. The summed E-state index contributed by atoms with van der Waals surface area (Å²) in [6.07, 6.45) is 0.761. The van der Waals surface area contributed by atoms with Crippen molar-refractivity contribution in [1.29, 1.82) is 0 Å². The quantitative estimate of drug-likeness (QED) is 0.503. The smallest absolute Gasteiger partial charge is 0.343 e. The second-order valence-electron chi connectivity index (χ2n) is 5.83. The van der Waals surface area contributed by atoms with Crippen LogP contribution < -0.4 is 9.47 Å². The summed E-state index contributed by atoms with van der Waals surface area (Å²) in [4.78, 5) is 23.3. The van der Waals surface area contributed by atoms with Gasteiger partial charge in [-0.25, -0.2) is 9.59 Å². The maximum atomic E-state index is 12.3. The average molecular weight is 362 g/mol. The van der Waals surface area contributed by atoms with Crippen LogP contribution in [0.2, 0.25) is 0 Å². The predicted molar refractivity (Wildman–Crippen MR) is 100 cm³/mol. The minimum atomic E-state index is -1.08. The fourth-order valence-electron chi connectivity index (χ4n) is 2.50. The van der Waals surface area contributed by atoms with Gasteiger partial charge in [0.2, 0.25) is 0 Å². The summed E-state index contributed by atoms with van der Waals surface area (Å²) < 4.78 is 11.0. The molecule has 0 bridgehead atoms. The highest BCUT2D eigenvalue weighted by molar-refractivity contribution is 5.92. The number of esters is 1. The summed E-state index contributed by atoms with van der Waals surface area (Å²) in [5.74, 6) is -0.914. The Labute approximate surface area is 156 Å². The molecule has 136 valence electrons. The molecule has 0 spiro atoms. The first kappa shape index (κ1) is 18.2. The minimum Gasteiger partial charge on any atom is -0.493 e. The van der Waals surface area contributed by atoms with Gasteiger partial charge in [-0.3, -0.25) is 0 Å². The summed E-state index contributed by atoms with van der Waals surface area (Å²) in [7, 11) is 0. The summed E-state index contributed by atoms with van der Waals surface area (Å²) in [5.41, 5.74) is 1.55. The van der Waals surface area contributed by atoms with Gasteiger partial charge in [0.25, 0.3) is 0 Å². The summed E-state index contributed by atoms with van der Waals surface area (Å²) in [6, 6.07) is 22.5. The first-order chi connectivity index (χ1) is 13.1. The van der Waals surface area contributed by atoms with Crippen LogP contribution in [0.3, 0.4) is 0 Å². The first-order valence-corrected chi connectivity index (χ1v) is 8.44. The van der Waals surface area contributed by atoms with Gasteiger partial charge in [-0.05, 0) is 42.0 Å². The summed E-state index contributed by atoms with van der Waals surface area (Å²) in [6.45, 7) is 0.489. The molecule has 3 aromatic carbocycles. The number of benzene rings is 3. The molecule has 0 aromatic heterocycles. The van der Waals surface area contributed by atoms with E-state index in [0.29, 0.717) is 17.9 Å². The number of carbonyl (C=O) groups is 2. The van der Waals surface area contributed by atoms with Crippen molar-refractivity contribution < 1.29 is 24.2 Å². The van der Waals surface area contributed by atoms with Gasteiger partial charge >= 0.3 is 11.9 Å². The van der Waals surface area contributed by atoms with Crippen molar-refractivity contribution in [3.05, 3.63) is 95.6 Å². The van der Waals surface area contributed by atoms with Crippen LogP contribution in [0.15, 0.2) is 78.9 Å².